The second-order valence-corrected chi connectivity index (χ2v) is 7.32. The van der Waals surface area contributed by atoms with Gasteiger partial charge < -0.3 is 19.4 Å². The standard InChI is InChI=1S/C23H22FN3O4/c24-19-4-1-5-20(13-19)31-22-17(3-2-9-25-22)14-26-21(28)16-6-10-27(11-7-16)23(29)18-8-12-30-15-18/h1-5,8-9,12-13,15-16H,6-7,10-11,14H2,(H,26,28). The molecule has 160 valence electrons. The van der Waals surface area contributed by atoms with Gasteiger partial charge in [-0.25, -0.2) is 9.37 Å². The second-order valence-electron chi connectivity index (χ2n) is 7.32. The largest absolute Gasteiger partial charge is 0.472 e. The number of hydrogen-bond acceptors (Lipinski definition) is 5. The van der Waals surface area contributed by atoms with Crippen LogP contribution in [0.3, 0.4) is 0 Å². The van der Waals surface area contributed by atoms with Gasteiger partial charge in [0.2, 0.25) is 11.8 Å². The monoisotopic (exact) mass is 423 g/mol. The van der Waals surface area contributed by atoms with Gasteiger partial charge >= 0.3 is 0 Å². The lowest BCUT2D eigenvalue weighted by atomic mass is 9.95. The van der Waals surface area contributed by atoms with Crippen molar-refractivity contribution < 1.29 is 23.1 Å². The summed E-state index contributed by atoms with van der Waals surface area (Å²) in [6.45, 7) is 1.28. The van der Waals surface area contributed by atoms with Crippen molar-refractivity contribution in [1.82, 2.24) is 15.2 Å². The van der Waals surface area contributed by atoms with Crippen LogP contribution in [0.4, 0.5) is 4.39 Å². The maximum Gasteiger partial charge on any atom is 0.257 e. The molecule has 0 spiro atoms. The number of carbonyl (C=O) groups excluding carboxylic acids is 2. The molecule has 0 atom stereocenters. The van der Waals surface area contributed by atoms with E-state index in [9.17, 15) is 14.0 Å². The van der Waals surface area contributed by atoms with Gasteiger partial charge in [-0.2, -0.15) is 0 Å². The van der Waals surface area contributed by atoms with Gasteiger partial charge in [-0.1, -0.05) is 12.1 Å². The Kier molecular flexibility index (Phi) is 6.26. The summed E-state index contributed by atoms with van der Waals surface area (Å²) < 4.78 is 24.1. The summed E-state index contributed by atoms with van der Waals surface area (Å²) in [5.41, 5.74) is 1.21. The van der Waals surface area contributed by atoms with Crippen LogP contribution in [0.25, 0.3) is 0 Å². The molecule has 2 aromatic heterocycles. The minimum atomic E-state index is -0.402. The van der Waals surface area contributed by atoms with Gasteiger partial charge in [0.05, 0.1) is 11.8 Å². The number of ether oxygens (including phenoxy) is 1. The number of piperidine rings is 1. The van der Waals surface area contributed by atoms with Crippen LogP contribution < -0.4 is 10.1 Å². The number of halogens is 1. The quantitative estimate of drug-likeness (QED) is 0.652. The van der Waals surface area contributed by atoms with Gasteiger partial charge in [0.15, 0.2) is 0 Å². The molecule has 1 N–H and O–H groups in total. The van der Waals surface area contributed by atoms with E-state index in [0.29, 0.717) is 48.7 Å². The van der Waals surface area contributed by atoms with E-state index in [1.54, 1.807) is 41.4 Å². The summed E-state index contributed by atoms with van der Waals surface area (Å²) in [5.74, 6) is -0.0773. The Labute approximate surface area is 178 Å². The van der Waals surface area contributed by atoms with Crippen LogP contribution in [0, 0.1) is 11.7 Å². The van der Waals surface area contributed by atoms with E-state index in [2.05, 4.69) is 10.3 Å². The Bertz CT molecular complexity index is 1050. The Morgan fingerprint density at radius 3 is 2.77 bits per heavy atom. The van der Waals surface area contributed by atoms with Gasteiger partial charge in [-0.05, 0) is 37.1 Å². The van der Waals surface area contributed by atoms with Crippen LogP contribution in [0.1, 0.15) is 28.8 Å². The lowest BCUT2D eigenvalue weighted by molar-refractivity contribution is -0.126. The number of benzene rings is 1. The maximum absolute atomic E-state index is 13.4. The molecule has 8 heteroatoms. The highest BCUT2D eigenvalue weighted by molar-refractivity contribution is 5.94. The molecule has 0 bridgehead atoms. The fourth-order valence-corrected chi connectivity index (χ4v) is 3.53. The molecule has 1 aromatic carbocycles. The topological polar surface area (TPSA) is 84.7 Å². The molecule has 0 saturated carbocycles. The van der Waals surface area contributed by atoms with Crippen molar-refractivity contribution in [3.05, 3.63) is 78.1 Å². The SMILES string of the molecule is O=C(NCc1cccnc1Oc1cccc(F)c1)C1CCN(C(=O)c2ccoc2)CC1. The third-order valence-corrected chi connectivity index (χ3v) is 5.23. The van der Waals surface area contributed by atoms with E-state index in [0.717, 1.165) is 0 Å². The van der Waals surface area contributed by atoms with E-state index in [1.807, 2.05) is 0 Å². The van der Waals surface area contributed by atoms with Crippen LogP contribution >= 0.6 is 0 Å². The zero-order valence-electron chi connectivity index (χ0n) is 16.8. The number of furan rings is 1. The molecule has 1 saturated heterocycles. The minimum absolute atomic E-state index is 0.0732. The predicted octanol–water partition coefficient (Wildman–Crippen LogP) is 3.77. The third kappa shape index (κ3) is 5.09. The third-order valence-electron chi connectivity index (χ3n) is 5.23. The Morgan fingerprint density at radius 2 is 2.03 bits per heavy atom. The van der Waals surface area contributed by atoms with Crippen molar-refractivity contribution in [3.63, 3.8) is 0 Å². The molecule has 1 aliphatic rings. The van der Waals surface area contributed by atoms with Crippen molar-refractivity contribution in [2.75, 3.05) is 13.1 Å². The van der Waals surface area contributed by atoms with Crippen molar-refractivity contribution >= 4 is 11.8 Å². The summed E-state index contributed by atoms with van der Waals surface area (Å²) in [6, 6.07) is 11.0. The molecule has 0 radical (unpaired) electrons. The molecule has 1 aliphatic heterocycles. The number of nitrogens with zero attached hydrogens (tertiary/aromatic N) is 2. The summed E-state index contributed by atoms with van der Waals surface area (Å²) in [5, 5.41) is 2.93. The number of aromatic nitrogens is 1. The Morgan fingerprint density at radius 1 is 1.19 bits per heavy atom. The van der Waals surface area contributed by atoms with Crippen molar-refractivity contribution in [1.29, 1.82) is 0 Å². The number of amides is 2. The van der Waals surface area contributed by atoms with Gasteiger partial charge in [-0.15, -0.1) is 0 Å². The molecule has 1 fully saturated rings. The smallest absolute Gasteiger partial charge is 0.257 e. The number of carbonyl (C=O) groups is 2. The van der Waals surface area contributed by atoms with Gasteiger partial charge in [0.25, 0.3) is 5.91 Å². The minimum Gasteiger partial charge on any atom is -0.472 e. The van der Waals surface area contributed by atoms with E-state index >= 15 is 0 Å². The van der Waals surface area contributed by atoms with Gasteiger partial charge in [0.1, 0.15) is 17.8 Å². The van der Waals surface area contributed by atoms with Crippen molar-refractivity contribution in [2.45, 2.75) is 19.4 Å². The number of likely N-dealkylation sites (tertiary alicyclic amines) is 1. The average molecular weight is 423 g/mol. The number of rotatable bonds is 6. The molecular weight excluding hydrogens is 401 g/mol. The molecule has 7 nitrogen and oxygen atoms in total. The number of pyridine rings is 1. The second kappa shape index (κ2) is 9.42. The molecule has 0 unspecified atom stereocenters. The normalized spacial score (nSPS) is 14.3. The average Bonchev–Trinajstić information content (AvgIpc) is 3.33. The molecule has 31 heavy (non-hydrogen) atoms. The maximum atomic E-state index is 13.4. The first-order chi connectivity index (χ1) is 15.1. The van der Waals surface area contributed by atoms with Crippen LogP contribution in [-0.2, 0) is 11.3 Å². The van der Waals surface area contributed by atoms with Gasteiger partial charge in [-0.3, -0.25) is 9.59 Å². The first-order valence-electron chi connectivity index (χ1n) is 10.1. The lowest BCUT2D eigenvalue weighted by Crippen LogP contribution is -2.42. The van der Waals surface area contributed by atoms with E-state index < -0.39 is 5.82 Å². The molecule has 3 aromatic rings. The molecular formula is C23H22FN3O4. The van der Waals surface area contributed by atoms with Gasteiger partial charge in [0, 0.05) is 43.4 Å². The summed E-state index contributed by atoms with van der Waals surface area (Å²) in [7, 11) is 0. The molecule has 4 rings (SSSR count). The highest BCUT2D eigenvalue weighted by Gasteiger charge is 2.28. The van der Waals surface area contributed by atoms with Crippen LogP contribution in [-0.4, -0.2) is 34.8 Å². The summed E-state index contributed by atoms with van der Waals surface area (Å²) in [4.78, 5) is 31.0. The van der Waals surface area contributed by atoms with Crippen LogP contribution in [0.5, 0.6) is 11.6 Å². The zero-order chi connectivity index (χ0) is 21.6. The van der Waals surface area contributed by atoms with E-state index in [4.69, 9.17) is 9.15 Å². The molecule has 0 aliphatic carbocycles. The number of hydrogen-bond donors (Lipinski definition) is 1. The number of nitrogens with one attached hydrogen (secondary N) is 1. The molecule has 3 heterocycles. The summed E-state index contributed by atoms with van der Waals surface area (Å²) in [6.07, 6.45) is 5.66. The highest BCUT2D eigenvalue weighted by Crippen LogP contribution is 2.24. The highest BCUT2D eigenvalue weighted by atomic mass is 19.1. The Balaban J connectivity index is 1.31. The van der Waals surface area contributed by atoms with Crippen molar-refractivity contribution in [2.24, 2.45) is 5.92 Å². The first kappa shape index (κ1) is 20.6. The summed E-state index contributed by atoms with van der Waals surface area (Å²) >= 11 is 0. The predicted molar refractivity (Wildman–Crippen MR) is 110 cm³/mol. The van der Waals surface area contributed by atoms with Crippen LogP contribution in [0.15, 0.2) is 65.6 Å². The lowest BCUT2D eigenvalue weighted by Gasteiger charge is -2.31. The first-order valence-corrected chi connectivity index (χ1v) is 10.1. The molecule has 2 amide bonds. The zero-order valence-corrected chi connectivity index (χ0v) is 16.8. The van der Waals surface area contributed by atoms with E-state index in [1.165, 1.54) is 24.7 Å². The van der Waals surface area contributed by atoms with Crippen LogP contribution in [0.2, 0.25) is 0 Å². The van der Waals surface area contributed by atoms with E-state index in [-0.39, 0.29) is 24.3 Å². The fourth-order valence-electron chi connectivity index (χ4n) is 3.53. The Hall–Kier alpha value is -3.68. The fraction of sp³-hybridized carbons (Fsp3) is 0.261. The van der Waals surface area contributed by atoms with Crippen molar-refractivity contribution in [3.8, 4) is 11.6 Å².